The molecule has 1 atom stereocenters. The van der Waals surface area contributed by atoms with Crippen LogP contribution in [0.4, 0.5) is 13.2 Å². The number of alkyl halides is 3. The van der Waals surface area contributed by atoms with Crippen molar-refractivity contribution in [2.24, 2.45) is 5.92 Å². The van der Waals surface area contributed by atoms with Crippen LogP contribution in [0.2, 0.25) is 5.02 Å². The predicted octanol–water partition coefficient (Wildman–Crippen LogP) is 3.86. The van der Waals surface area contributed by atoms with E-state index in [1.54, 1.807) is 12.0 Å². The standard InChI is InChI=1S/C15H17ClF3NO2/c1-22-9-10-3-2-6-20(8-10)14(21)12-7-11(15(17,18)19)4-5-13(12)16/h4-5,7,10H,2-3,6,8-9H2,1H3/t10-/m0/s1. The van der Waals surface area contributed by atoms with E-state index < -0.39 is 17.6 Å². The highest BCUT2D eigenvalue weighted by Gasteiger charge is 2.33. The van der Waals surface area contributed by atoms with E-state index in [1.807, 2.05) is 0 Å². The summed E-state index contributed by atoms with van der Waals surface area (Å²) in [5.41, 5.74) is -0.972. The van der Waals surface area contributed by atoms with Crippen LogP contribution in [0.15, 0.2) is 18.2 Å². The molecule has 0 aliphatic carbocycles. The third-order valence-electron chi connectivity index (χ3n) is 3.73. The van der Waals surface area contributed by atoms with Gasteiger partial charge >= 0.3 is 6.18 Å². The number of hydrogen-bond donors (Lipinski definition) is 0. The van der Waals surface area contributed by atoms with Crippen LogP contribution in [0.5, 0.6) is 0 Å². The van der Waals surface area contributed by atoms with Crippen molar-refractivity contribution in [1.29, 1.82) is 0 Å². The Labute approximate surface area is 132 Å². The lowest BCUT2D eigenvalue weighted by Crippen LogP contribution is -2.41. The molecule has 1 aliphatic heterocycles. The SMILES string of the molecule is COC[C@H]1CCCN(C(=O)c2cc(C(F)(F)F)ccc2Cl)C1. The van der Waals surface area contributed by atoms with Gasteiger partial charge in [-0.1, -0.05) is 11.6 Å². The molecule has 1 aromatic carbocycles. The number of likely N-dealkylation sites (tertiary alicyclic amines) is 1. The zero-order valence-corrected chi connectivity index (χ0v) is 12.9. The maximum absolute atomic E-state index is 12.8. The first kappa shape index (κ1) is 17.1. The maximum atomic E-state index is 12.8. The number of piperidine rings is 1. The zero-order chi connectivity index (χ0) is 16.3. The first-order valence-corrected chi connectivity index (χ1v) is 7.35. The molecule has 1 amide bonds. The summed E-state index contributed by atoms with van der Waals surface area (Å²) in [4.78, 5) is 14.0. The Morgan fingerprint density at radius 1 is 1.45 bits per heavy atom. The normalized spacial score (nSPS) is 19.3. The summed E-state index contributed by atoms with van der Waals surface area (Å²) < 4.78 is 43.4. The fourth-order valence-corrected chi connectivity index (χ4v) is 2.86. The van der Waals surface area contributed by atoms with Gasteiger partial charge in [-0.25, -0.2) is 0 Å². The first-order chi connectivity index (χ1) is 10.3. The van der Waals surface area contributed by atoms with E-state index in [4.69, 9.17) is 16.3 Å². The molecule has 1 saturated heterocycles. The number of halogens is 4. The minimum atomic E-state index is -4.50. The van der Waals surface area contributed by atoms with Crippen molar-refractivity contribution < 1.29 is 22.7 Å². The monoisotopic (exact) mass is 335 g/mol. The van der Waals surface area contributed by atoms with Crippen LogP contribution in [-0.2, 0) is 10.9 Å². The molecule has 7 heteroatoms. The molecule has 0 bridgehead atoms. The lowest BCUT2D eigenvalue weighted by atomic mass is 9.98. The smallest absolute Gasteiger partial charge is 0.384 e. The summed E-state index contributed by atoms with van der Waals surface area (Å²) in [6.45, 7) is 1.52. The van der Waals surface area contributed by atoms with E-state index in [2.05, 4.69) is 0 Å². The number of carbonyl (C=O) groups excluding carboxylic acids is 1. The molecule has 0 unspecified atom stereocenters. The van der Waals surface area contributed by atoms with Crippen molar-refractivity contribution in [3.63, 3.8) is 0 Å². The Morgan fingerprint density at radius 2 is 2.18 bits per heavy atom. The van der Waals surface area contributed by atoms with Crippen LogP contribution in [0.3, 0.4) is 0 Å². The van der Waals surface area contributed by atoms with Crippen molar-refractivity contribution in [2.45, 2.75) is 19.0 Å². The fourth-order valence-electron chi connectivity index (χ4n) is 2.66. The quantitative estimate of drug-likeness (QED) is 0.839. The first-order valence-electron chi connectivity index (χ1n) is 6.98. The van der Waals surface area contributed by atoms with Gasteiger partial charge in [-0.15, -0.1) is 0 Å². The highest BCUT2D eigenvalue weighted by atomic mass is 35.5. The van der Waals surface area contributed by atoms with E-state index in [1.165, 1.54) is 0 Å². The molecule has 0 N–H and O–H groups in total. The van der Waals surface area contributed by atoms with Crippen LogP contribution in [0.25, 0.3) is 0 Å². The molecule has 1 fully saturated rings. The molecular weight excluding hydrogens is 319 g/mol. The second-order valence-corrected chi connectivity index (χ2v) is 5.81. The average Bonchev–Trinajstić information content (AvgIpc) is 2.46. The Kier molecular flexibility index (Phi) is 5.34. The number of hydrogen-bond acceptors (Lipinski definition) is 2. The summed E-state index contributed by atoms with van der Waals surface area (Å²) in [5.74, 6) is -0.260. The largest absolute Gasteiger partial charge is 0.416 e. The van der Waals surface area contributed by atoms with Crippen molar-refractivity contribution in [1.82, 2.24) is 4.90 Å². The fraction of sp³-hybridized carbons (Fsp3) is 0.533. The van der Waals surface area contributed by atoms with Crippen LogP contribution >= 0.6 is 11.6 Å². The second kappa shape index (κ2) is 6.87. The number of ether oxygens (including phenoxy) is 1. The molecule has 0 spiro atoms. The van der Waals surface area contributed by atoms with Crippen molar-refractivity contribution in [2.75, 3.05) is 26.8 Å². The van der Waals surface area contributed by atoms with Gasteiger partial charge in [0.2, 0.25) is 0 Å². The third-order valence-corrected chi connectivity index (χ3v) is 4.06. The molecule has 22 heavy (non-hydrogen) atoms. The Bertz CT molecular complexity index is 546. The van der Waals surface area contributed by atoms with Gasteiger partial charge in [0.25, 0.3) is 5.91 Å². The average molecular weight is 336 g/mol. The Hall–Kier alpha value is -1.27. The van der Waals surface area contributed by atoms with Gasteiger partial charge in [0.15, 0.2) is 0 Å². The number of benzene rings is 1. The van der Waals surface area contributed by atoms with Gasteiger partial charge in [-0.3, -0.25) is 4.79 Å². The minimum Gasteiger partial charge on any atom is -0.384 e. The summed E-state index contributed by atoms with van der Waals surface area (Å²) in [6.07, 6.45) is -2.76. The molecule has 1 heterocycles. The van der Waals surface area contributed by atoms with Gasteiger partial charge in [-0.05, 0) is 37.0 Å². The van der Waals surface area contributed by atoms with E-state index in [9.17, 15) is 18.0 Å². The van der Waals surface area contributed by atoms with Gasteiger partial charge in [0.1, 0.15) is 0 Å². The number of rotatable bonds is 3. The zero-order valence-electron chi connectivity index (χ0n) is 12.1. The summed E-state index contributed by atoms with van der Waals surface area (Å²) in [6, 6.07) is 2.82. The second-order valence-electron chi connectivity index (χ2n) is 5.41. The van der Waals surface area contributed by atoms with E-state index in [-0.39, 0.29) is 16.5 Å². The molecule has 2 rings (SSSR count). The van der Waals surface area contributed by atoms with Crippen molar-refractivity contribution in [3.8, 4) is 0 Å². The molecule has 3 nitrogen and oxygen atoms in total. The number of nitrogens with zero attached hydrogens (tertiary/aromatic N) is 1. The van der Waals surface area contributed by atoms with Crippen LogP contribution in [-0.4, -0.2) is 37.6 Å². The Morgan fingerprint density at radius 3 is 2.82 bits per heavy atom. The predicted molar refractivity (Wildman–Crippen MR) is 77.0 cm³/mol. The van der Waals surface area contributed by atoms with Crippen LogP contribution < -0.4 is 0 Å². The van der Waals surface area contributed by atoms with E-state index >= 15 is 0 Å². The lowest BCUT2D eigenvalue weighted by molar-refractivity contribution is -0.137. The molecule has 1 aromatic rings. The molecule has 0 radical (unpaired) electrons. The summed E-state index contributed by atoms with van der Waals surface area (Å²) >= 11 is 5.92. The highest BCUT2D eigenvalue weighted by molar-refractivity contribution is 6.33. The topological polar surface area (TPSA) is 29.5 Å². The maximum Gasteiger partial charge on any atom is 0.416 e. The van der Waals surface area contributed by atoms with Crippen LogP contribution in [0, 0.1) is 5.92 Å². The summed E-state index contributed by atoms with van der Waals surface area (Å²) in [7, 11) is 1.59. The number of amides is 1. The molecule has 0 saturated carbocycles. The Balaban J connectivity index is 2.21. The molecular formula is C15H17ClF3NO2. The lowest BCUT2D eigenvalue weighted by Gasteiger charge is -2.32. The van der Waals surface area contributed by atoms with Gasteiger partial charge in [0.05, 0.1) is 22.8 Å². The number of carbonyl (C=O) groups is 1. The molecule has 1 aliphatic rings. The van der Waals surface area contributed by atoms with Gasteiger partial charge in [0, 0.05) is 20.2 Å². The summed E-state index contributed by atoms with van der Waals surface area (Å²) in [5, 5.41) is 0.0341. The minimum absolute atomic E-state index is 0.0341. The van der Waals surface area contributed by atoms with Crippen LogP contribution in [0.1, 0.15) is 28.8 Å². The van der Waals surface area contributed by atoms with Crippen molar-refractivity contribution >= 4 is 17.5 Å². The molecule has 122 valence electrons. The third kappa shape index (κ3) is 3.93. The highest BCUT2D eigenvalue weighted by Crippen LogP contribution is 2.32. The van der Waals surface area contributed by atoms with Gasteiger partial charge < -0.3 is 9.64 Å². The van der Waals surface area contributed by atoms with E-state index in [0.717, 1.165) is 31.0 Å². The number of methoxy groups -OCH3 is 1. The van der Waals surface area contributed by atoms with E-state index in [0.29, 0.717) is 19.7 Å². The molecule has 0 aromatic heterocycles. The van der Waals surface area contributed by atoms with Gasteiger partial charge in [-0.2, -0.15) is 13.2 Å². The van der Waals surface area contributed by atoms with Crippen molar-refractivity contribution in [3.05, 3.63) is 34.3 Å².